The fourth-order valence-electron chi connectivity index (χ4n) is 3.26. The van der Waals surface area contributed by atoms with Crippen molar-refractivity contribution < 1.29 is 33.6 Å². The van der Waals surface area contributed by atoms with E-state index >= 15 is 0 Å². The Morgan fingerprint density at radius 2 is 2.16 bits per heavy atom. The number of aromatic carboxylic acids is 1. The number of carbonyl (C=O) groups excluding carboxylic acids is 2. The molecule has 4 heterocycles. The molecule has 1 unspecified atom stereocenters. The maximum Gasteiger partial charge on any atom is 1.00 e. The zero-order valence-corrected chi connectivity index (χ0v) is 14.7. The standard InChI is InChI=1S/C17H15N3O3S.Li/c1-10-15-11(12(9-24-15)17(22)23)5-7-19(10)16(21)13-8-18-14-4-2-3-6-20(13)14;/h2-4,6,8-10H,5,7H2,1H3,(H,22,23);/q;+1/p-1. The van der Waals surface area contributed by atoms with Crippen molar-refractivity contribution in [1.82, 2.24) is 14.3 Å². The monoisotopic (exact) mass is 347 g/mol. The summed E-state index contributed by atoms with van der Waals surface area (Å²) in [7, 11) is 0. The average molecular weight is 347 g/mol. The van der Waals surface area contributed by atoms with Crippen LogP contribution in [0.3, 0.4) is 0 Å². The molecule has 3 aromatic heterocycles. The second kappa shape index (κ2) is 6.68. The molecule has 8 heteroatoms. The number of carbonyl (C=O) groups is 2. The number of hydrogen-bond acceptors (Lipinski definition) is 5. The van der Waals surface area contributed by atoms with Gasteiger partial charge in [0.25, 0.3) is 5.91 Å². The van der Waals surface area contributed by atoms with Crippen LogP contribution < -0.4 is 24.0 Å². The maximum atomic E-state index is 13.0. The summed E-state index contributed by atoms with van der Waals surface area (Å²) in [4.78, 5) is 31.1. The minimum absolute atomic E-state index is 0. The fraction of sp³-hybridized carbons (Fsp3) is 0.235. The minimum Gasteiger partial charge on any atom is -0.545 e. The van der Waals surface area contributed by atoms with E-state index in [1.54, 1.807) is 20.9 Å². The molecule has 1 aliphatic heterocycles. The van der Waals surface area contributed by atoms with Crippen LogP contribution in [0.15, 0.2) is 36.0 Å². The minimum atomic E-state index is -1.15. The van der Waals surface area contributed by atoms with Gasteiger partial charge in [-0.15, -0.1) is 11.3 Å². The first kappa shape index (κ1) is 17.7. The van der Waals surface area contributed by atoms with Crippen LogP contribution in [0.5, 0.6) is 0 Å². The molecule has 0 aliphatic carbocycles. The molecule has 1 atom stereocenters. The predicted molar refractivity (Wildman–Crippen MR) is 87.0 cm³/mol. The molecule has 0 radical (unpaired) electrons. The average Bonchev–Trinajstić information content (AvgIpc) is 3.19. The number of pyridine rings is 1. The number of carboxylic acids is 1. The third kappa shape index (κ3) is 2.78. The van der Waals surface area contributed by atoms with Crippen molar-refractivity contribution in [2.75, 3.05) is 6.54 Å². The van der Waals surface area contributed by atoms with Gasteiger partial charge in [-0.3, -0.25) is 9.20 Å². The molecule has 6 nitrogen and oxygen atoms in total. The molecule has 0 N–H and O–H groups in total. The number of aromatic nitrogens is 2. The van der Waals surface area contributed by atoms with E-state index in [0.717, 1.165) is 16.1 Å². The molecular formula is C17H14LiN3O3S. The van der Waals surface area contributed by atoms with Gasteiger partial charge in [-0.05, 0) is 31.0 Å². The SMILES string of the molecule is CC1c2scc(C(=O)[O-])c2CCN1C(=O)c1cnc2ccccn12.[Li+]. The molecule has 0 spiro atoms. The van der Waals surface area contributed by atoms with Crippen LogP contribution in [0.4, 0.5) is 0 Å². The topological polar surface area (TPSA) is 77.7 Å². The van der Waals surface area contributed by atoms with E-state index in [-0.39, 0.29) is 36.4 Å². The Bertz CT molecular complexity index is 965. The van der Waals surface area contributed by atoms with Crippen LogP contribution in [-0.2, 0) is 6.42 Å². The normalized spacial score (nSPS) is 16.4. The second-order valence-corrected chi connectivity index (χ2v) is 6.69. The molecule has 0 fully saturated rings. The van der Waals surface area contributed by atoms with Gasteiger partial charge in [-0.1, -0.05) is 6.07 Å². The molecule has 1 amide bonds. The van der Waals surface area contributed by atoms with Crippen LogP contribution >= 0.6 is 11.3 Å². The Hall–Kier alpha value is -2.07. The van der Waals surface area contributed by atoms with E-state index in [1.807, 2.05) is 31.3 Å². The predicted octanol–water partition coefficient (Wildman–Crippen LogP) is -1.48. The van der Waals surface area contributed by atoms with E-state index in [4.69, 9.17) is 0 Å². The van der Waals surface area contributed by atoms with Crippen molar-refractivity contribution in [3.63, 3.8) is 0 Å². The second-order valence-electron chi connectivity index (χ2n) is 5.78. The largest absolute Gasteiger partial charge is 1.00 e. The number of imidazole rings is 1. The Balaban J connectivity index is 0.00000182. The zero-order chi connectivity index (χ0) is 16.8. The quantitative estimate of drug-likeness (QED) is 0.530. The van der Waals surface area contributed by atoms with Crippen LogP contribution in [0.25, 0.3) is 5.65 Å². The van der Waals surface area contributed by atoms with Crippen molar-refractivity contribution >= 4 is 28.9 Å². The van der Waals surface area contributed by atoms with Crippen LogP contribution in [0.1, 0.15) is 44.3 Å². The molecule has 122 valence electrons. The molecule has 0 saturated carbocycles. The van der Waals surface area contributed by atoms with Gasteiger partial charge < -0.3 is 14.8 Å². The van der Waals surface area contributed by atoms with Gasteiger partial charge in [-0.25, -0.2) is 4.98 Å². The van der Waals surface area contributed by atoms with Gasteiger partial charge in [-0.2, -0.15) is 0 Å². The number of amides is 1. The number of carboxylic acid groups (broad SMARTS) is 1. The molecular weight excluding hydrogens is 333 g/mol. The molecule has 0 bridgehead atoms. The van der Waals surface area contributed by atoms with Crippen molar-refractivity contribution in [3.05, 3.63) is 57.7 Å². The van der Waals surface area contributed by atoms with Crippen LogP contribution in [-0.4, -0.2) is 32.7 Å². The Morgan fingerprint density at radius 3 is 2.92 bits per heavy atom. The van der Waals surface area contributed by atoms with E-state index in [9.17, 15) is 14.7 Å². The van der Waals surface area contributed by atoms with Gasteiger partial charge in [0.05, 0.1) is 18.2 Å². The molecule has 3 aromatic rings. The van der Waals surface area contributed by atoms with Crippen molar-refractivity contribution in [2.45, 2.75) is 19.4 Å². The van der Waals surface area contributed by atoms with Crippen LogP contribution in [0.2, 0.25) is 0 Å². The summed E-state index contributed by atoms with van der Waals surface area (Å²) < 4.78 is 1.77. The summed E-state index contributed by atoms with van der Waals surface area (Å²) >= 11 is 1.37. The van der Waals surface area contributed by atoms with E-state index in [2.05, 4.69) is 4.98 Å². The number of hydrogen-bond donors (Lipinski definition) is 0. The van der Waals surface area contributed by atoms with Gasteiger partial charge in [0.2, 0.25) is 0 Å². The summed E-state index contributed by atoms with van der Waals surface area (Å²) in [6.07, 6.45) is 3.92. The van der Waals surface area contributed by atoms with Crippen LogP contribution in [0, 0.1) is 0 Å². The van der Waals surface area contributed by atoms with E-state index < -0.39 is 5.97 Å². The van der Waals surface area contributed by atoms with Crippen molar-refractivity contribution in [1.29, 1.82) is 0 Å². The van der Waals surface area contributed by atoms with Crippen molar-refractivity contribution in [3.8, 4) is 0 Å². The van der Waals surface area contributed by atoms with E-state index in [1.165, 1.54) is 11.3 Å². The maximum absolute atomic E-state index is 13.0. The third-order valence-corrected chi connectivity index (χ3v) is 5.69. The zero-order valence-electron chi connectivity index (χ0n) is 13.9. The van der Waals surface area contributed by atoms with E-state index in [0.29, 0.717) is 18.7 Å². The number of fused-ring (bicyclic) bond motifs is 2. The Kier molecular flexibility index (Phi) is 4.74. The number of rotatable bonds is 2. The first-order valence-corrected chi connectivity index (χ1v) is 8.50. The summed E-state index contributed by atoms with van der Waals surface area (Å²) in [6.45, 7) is 2.40. The number of thiophene rings is 1. The fourth-order valence-corrected chi connectivity index (χ4v) is 4.42. The number of nitrogens with zero attached hydrogens (tertiary/aromatic N) is 3. The first-order chi connectivity index (χ1) is 11.6. The van der Waals surface area contributed by atoms with Crippen molar-refractivity contribution in [2.24, 2.45) is 0 Å². The summed E-state index contributed by atoms with van der Waals surface area (Å²) in [6, 6.07) is 5.40. The smallest absolute Gasteiger partial charge is 0.545 e. The molecule has 4 rings (SSSR count). The van der Waals surface area contributed by atoms with Gasteiger partial charge >= 0.3 is 18.9 Å². The Morgan fingerprint density at radius 1 is 1.36 bits per heavy atom. The molecule has 1 aliphatic rings. The summed E-state index contributed by atoms with van der Waals surface area (Å²) in [5.41, 5.74) is 2.29. The molecule has 0 aromatic carbocycles. The Labute approximate surface area is 160 Å². The molecule has 0 saturated heterocycles. The van der Waals surface area contributed by atoms with Gasteiger partial charge in [0.15, 0.2) is 0 Å². The third-order valence-electron chi connectivity index (χ3n) is 4.49. The molecule has 25 heavy (non-hydrogen) atoms. The summed E-state index contributed by atoms with van der Waals surface area (Å²) in [5, 5.41) is 12.8. The first-order valence-electron chi connectivity index (χ1n) is 7.62. The summed E-state index contributed by atoms with van der Waals surface area (Å²) in [5.74, 6) is -1.25. The van der Waals surface area contributed by atoms with Gasteiger partial charge in [0.1, 0.15) is 11.3 Å². The van der Waals surface area contributed by atoms with Gasteiger partial charge in [0, 0.05) is 28.6 Å².